The molecular weight excluding hydrogens is 725 g/mol. The fraction of sp³-hybridized carbons (Fsp3) is 0.279. The monoisotopic (exact) mass is 770 g/mol. The quantitative estimate of drug-likeness (QED) is 0.0761. The lowest BCUT2D eigenvalue weighted by Gasteiger charge is -2.14. The predicted octanol–water partition coefficient (Wildman–Crippen LogP) is 8.53. The van der Waals surface area contributed by atoms with Crippen molar-refractivity contribution in [3.8, 4) is 29.1 Å². The molecule has 0 aliphatic rings. The molecule has 294 valence electrons. The van der Waals surface area contributed by atoms with Crippen LogP contribution in [0.15, 0.2) is 97.2 Å². The lowest BCUT2D eigenvalue weighted by molar-refractivity contribution is 0.0180. The normalized spacial score (nSPS) is 11.2. The molecule has 57 heavy (non-hydrogen) atoms. The number of aryl methyl sites for hydroxylation is 1. The number of methoxy groups -OCH3 is 1. The van der Waals surface area contributed by atoms with Crippen molar-refractivity contribution in [3.63, 3.8) is 0 Å². The summed E-state index contributed by atoms with van der Waals surface area (Å²) in [5, 5.41) is 25.1. The van der Waals surface area contributed by atoms with Crippen LogP contribution in [-0.4, -0.2) is 72.5 Å². The van der Waals surface area contributed by atoms with Gasteiger partial charge in [0.15, 0.2) is 0 Å². The Bertz CT molecular complexity index is 2330. The second kappa shape index (κ2) is 18.9. The Morgan fingerprint density at radius 3 is 2.32 bits per heavy atom. The third-order valence-corrected chi connectivity index (χ3v) is 8.57. The van der Waals surface area contributed by atoms with Gasteiger partial charge in [-0.15, -0.1) is 0 Å². The number of hydrogen-bond acceptors (Lipinski definition) is 11. The maximum Gasteiger partial charge on any atom is 0.324 e. The van der Waals surface area contributed by atoms with Crippen molar-refractivity contribution in [2.24, 2.45) is 0 Å². The summed E-state index contributed by atoms with van der Waals surface area (Å²) >= 11 is 0. The summed E-state index contributed by atoms with van der Waals surface area (Å²) in [5.74, 6) is 2.10. The van der Waals surface area contributed by atoms with E-state index in [4.69, 9.17) is 28.8 Å². The molecule has 6 aromatic rings. The first kappa shape index (κ1) is 40.1. The first-order chi connectivity index (χ1) is 27.6. The van der Waals surface area contributed by atoms with Crippen molar-refractivity contribution in [2.45, 2.75) is 33.1 Å². The number of nitrogens with zero attached hydrogens (tertiary/aromatic N) is 5. The molecule has 3 N–H and O–H groups in total. The van der Waals surface area contributed by atoms with Crippen LogP contribution >= 0.6 is 0 Å². The van der Waals surface area contributed by atoms with Crippen LogP contribution in [0.25, 0.3) is 16.5 Å². The van der Waals surface area contributed by atoms with Gasteiger partial charge in [-0.25, -0.2) is 14.5 Å². The van der Waals surface area contributed by atoms with E-state index >= 15 is 0 Å². The van der Waals surface area contributed by atoms with Crippen molar-refractivity contribution >= 4 is 39.9 Å². The van der Waals surface area contributed by atoms with Crippen LogP contribution in [0.2, 0.25) is 0 Å². The average Bonchev–Trinajstić information content (AvgIpc) is 3.63. The Morgan fingerprint density at radius 2 is 1.58 bits per heavy atom. The van der Waals surface area contributed by atoms with E-state index < -0.39 is 6.03 Å². The van der Waals surface area contributed by atoms with Crippen LogP contribution in [0.4, 0.5) is 27.9 Å². The van der Waals surface area contributed by atoms with E-state index in [0.717, 1.165) is 27.7 Å². The van der Waals surface area contributed by atoms with Crippen LogP contribution in [0.3, 0.4) is 0 Å². The van der Waals surface area contributed by atoms with E-state index in [1.807, 2.05) is 61.5 Å². The molecule has 0 spiro atoms. The van der Waals surface area contributed by atoms with Crippen LogP contribution in [-0.2, 0) is 19.6 Å². The number of urea groups is 1. The number of hydrogen-bond donors (Lipinski definition) is 3. The number of amides is 2. The van der Waals surface area contributed by atoms with Crippen molar-refractivity contribution in [2.75, 3.05) is 62.7 Å². The Morgan fingerprint density at radius 1 is 0.842 bits per heavy atom. The van der Waals surface area contributed by atoms with Gasteiger partial charge in [0, 0.05) is 53.4 Å². The van der Waals surface area contributed by atoms with E-state index in [-0.39, 0.29) is 23.9 Å². The lowest BCUT2D eigenvalue weighted by Crippen LogP contribution is -2.21. The molecule has 0 saturated heterocycles. The molecule has 2 amide bonds. The summed E-state index contributed by atoms with van der Waals surface area (Å²) in [7, 11) is 1.62. The Balaban J connectivity index is 1.12. The molecule has 0 fully saturated rings. The molecule has 0 radical (unpaired) electrons. The summed E-state index contributed by atoms with van der Waals surface area (Å²) in [6.07, 6.45) is 1.57. The number of nitriles is 1. The second-order valence-corrected chi connectivity index (χ2v) is 14.0. The van der Waals surface area contributed by atoms with E-state index in [9.17, 15) is 10.1 Å². The van der Waals surface area contributed by atoms with Gasteiger partial charge in [-0.1, -0.05) is 62.7 Å². The average molecular weight is 771 g/mol. The zero-order chi connectivity index (χ0) is 40.2. The Labute approximate surface area is 331 Å². The van der Waals surface area contributed by atoms with Gasteiger partial charge in [0.25, 0.3) is 0 Å². The summed E-state index contributed by atoms with van der Waals surface area (Å²) in [6.45, 7) is 10.9. The fourth-order valence-corrected chi connectivity index (χ4v) is 5.66. The van der Waals surface area contributed by atoms with Gasteiger partial charge in [0.1, 0.15) is 23.9 Å². The minimum atomic E-state index is -0.420. The zero-order valence-corrected chi connectivity index (χ0v) is 32.7. The number of aromatic nitrogens is 4. The summed E-state index contributed by atoms with van der Waals surface area (Å²) in [6, 6.07) is 29.5. The first-order valence-electron chi connectivity index (χ1n) is 18.5. The molecular formula is C43H46N8O6. The molecule has 14 nitrogen and oxygen atoms in total. The summed E-state index contributed by atoms with van der Waals surface area (Å²) in [5.41, 5.74) is 4.13. The first-order valence-corrected chi connectivity index (χ1v) is 18.5. The molecule has 14 heteroatoms. The molecule has 0 aliphatic carbocycles. The topological polar surface area (TPSA) is 167 Å². The maximum absolute atomic E-state index is 13.5. The number of ether oxygens (including phenoxy) is 5. The van der Waals surface area contributed by atoms with Gasteiger partial charge >= 0.3 is 6.03 Å². The van der Waals surface area contributed by atoms with Gasteiger partial charge in [-0.05, 0) is 43.3 Å². The fourth-order valence-electron chi connectivity index (χ4n) is 5.66. The van der Waals surface area contributed by atoms with E-state index in [1.165, 1.54) is 0 Å². The Kier molecular flexibility index (Phi) is 13.3. The van der Waals surface area contributed by atoms with Crippen molar-refractivity contribution in [3.05, 3.63) is 114 Å². The van der Waals surface area contributed by atoms with Gasteiger partial charge in [0.05, 0.1) is 61.7 Å². The molecule has 2 heterocycles. The predicted molar refractivity (Wildman–Crippen MR) is 219 cm³/mol. The second-order valence-electron chi connectivity index (χ2n) is 14.0. The van der Waals surface area contributed by atoms with Crippen molar-refractivity contribution in [1.82, 2.24) is 19.7 Å². The third-order valence-electron chi connectivity index (χ3n) is 8.57. The van der Waals surface area contributed by atoms with Crippen LogP contribution < -0.4 is 25.4 Å². The van der Waals surface area contributed by atoms with Crippen LogP contribution in [0, 0.1) is 18.3 Å². The number of rotatable bonds is 17. The van der Waals surface area contributed by atoms with Crippen LogP contribution in [0.1, 0.15) is 37.6 Å². The highest BCUT2D eigenvalue weighted by Gasteiger charge is 2.22. The maximum atomic E-state index is 13.5. The molecule has 0 atom stereocenters. The van der Waals surface area contributed by atoms with E-state index in [2.05, 4.69) is 52.8 Å². The molecule has 4 aromatic carbocycles. The number of fused-ring (bicyclic) bond motifs is 1. The Hall–Kier alpha value is -6.53. The largest absolute Gasteiger partial charge is 0.491 e. The molecule has 6 rings (SSSR count). The van der Waals surface area contributed by atoms with Gasteiger partial charge in [-0.3, -0.25) is 5.32 Å². The highest BCUT2D eigenvalue weighted by molar-refractivity contribution is 6.07. The molecule has 0 bridgehead atoms. The minimum absolute atomic E-state index is 0.229. The number of benzene rings is 4. The molecule has 0 unspecified atom stereocenters. The molecule has 0 saturated carbocycles. The van der Waals surface area contributed by atoms with Gasteiger partial charge < -0.3 is 34.3 Å². The van der Waals surface area contributed by atoms with Crippen LogP contribution in [0.5, 0.6) is 17.4 Å². The molecule has 2 aromatic heterocycles. The zero-order valence-electron chi connectivity index (χ0n) is 32.7. The highest BCUT2D eigenvalue weighted by Crippen LogP contribution is 2.35. The van der Waals surface area contributed by atoms with Gasteiger partial charge in [0.2, 0.25) is 11.8 Å². The van der Waals surface area contributed by atoms with Crippen molar-refractivity contribution < 1.29 is 28.5 Å². The smallest absolute Gasteiger partial charge is 0.324 e. The highest BCUT2D eigenvalue weighted by atomic mass is 16.6. The lowest BCUT2D eigenvalue weighted by atomic mass is 9.92. The van der Waals surface area contributed by atoms with Gasteiger partial charge in [-0.2, -0.15) is 15.3 Å². The van der Waals surface area contributed by atoms with E-state index in [1.54, 1.807) is 54.4 Å². The number of nitrogens with one attached hydrogen (secondary N) is 3. The third kappa shape index (κ3) is 11.0. The summed E-state index contributed by atoms with van der Waals surface area (Å²) in [4.78, 5) is 22.4. The number of anilines is 4. The summed E-state index contributed by atoms with van der Waals surface area (Å²) < 4.78 is 29.8. The number of carbonyl (C=O) groups is 1. The van der Waals surface area contributed by atoms with E-state index in [0.29, 0.717) is 67.3 Å². The minimum Gasteiger partial charge on any atom is -0.491 e. The SMILES string of the molecule is COCCOCCOCCOc1cc(C#N)cc(Nc2nccc(Oc3ccc(NC(=O)Nc4cc(C(C)(C)C)nn4-c4ccc(C)cc4)c4ccccc34)n2)c1. The molecule has 0 aliphatic heterocycles. The standard InChI is InChI=1S/C43H46N8O6/c1-29-10-12-32(13-11-29)51-39(27-38(50-51)43(2,3)4)48-42(52)47-36-14-15-37(35-9-7-6-8-34(35)36)57-40-16-17-45-41(49-40)46-31-24-30(28-44)25-33(26-31)56-23-22-55-21-20-54-19-18-53-5/h6-17,24-27H,18-23H2,1-5H3,(H,45,46,49)(H2,47,48,52). The number of carbonyl (C=O) groups excluding carboxylic acids is 1. The van der Waals surface area contributed by atoms with Crippen molar-refractivity contribution in [1.29, 1.82) is 5.26 Å².